The van der Waals surface area contributed by atoms with Gasteiger partial charge in [-0.1, -0.05) is 0 Å². The molecule has 0 atom stereocenters. The number of aryl methyl sites for hydroxylation is 1. The van der Waals surface area contributed by atoms with Crippen LogP contribution in [-0.4, -0.2) is 25.6 Å². The van der Waals surface area contributed by atoms with Crippen LogP contribution in [0.1, 0.15) is 24.3 Å². The van der Waals surface area contributed by atoms with E-state index >= 15 is 0 Å². The third kappa shape index (κ3) is 3.53. The molecule has 0 bridgehead atoms. The van der Waals surface area contributed by atoms with Crippen molar-refractivity contribution in [1.29, 1.82) is 0 Å². The van der Waals surface area contributed by atoms with Crippen LogP contribution in [0.3, 0.4) is 0 Å². The van der Waals surface area contributed by atoms with Crippen molar-refractivity contribution in [3.05, 3.63) is 63.0 Å². The average Bonchev–Trinajstić information content (AvgIpc) is 3.17. The molecule has 0 fully saturated rings. The Morgan fingerprint density at radius 1 is 1.19 bits per heavy atom. The molecule has 3 rings (SSSR count). The SMILES string of the molecule is CCOC(=O)C1=C(C)N(c2ccc(OC)cc2)C(=O)C1=Cc1sccc1C. The standard InChI is InChI=1S/C21H21NO4S/c1-5-26-21(24)19-14(3)22(15-6-8-16(25-4)9-7-15)20(23)17(19)12-18-13(2)10-11-27-18/h6-12H,5H2,1-4H3. The van der Waals surface area contributed by atoms with Crippen LogP contribution in [0.4, 0.5) is 5.69 Å². The van der Waals surface area contributed by atoms with Crippen molar-refractivity contribution in [1.82, 2.24) is 0 Å². The Labute approximate surface area is 162 Å². The molecule has 1 aliphatic rings. The summed E-state index contributed by atoms with van der Waals surface area (Å²) in [4.78, 5) is 28.3. The van der Waals surface area contributed by atoms with Gasteiger partial charge in [-0.3, -0.25) is 9.69 Å². The molecule has 0 unspecified atom stereocenters. The number of esters is 1. The first-order valence-corrected chi connectivity index (χ1v) is 9.48. The fourth-order valence-corrected chi connectivity index (χ4v) is 3.85. The normalized spacial score (nSPS) is 15.6. The number of carbonyl (C=O) groups excluding carboxylic acids is 2. The number of nitrogens with zero attached hydrogens (tertiary/aromatic N) is 1. The lowest BCUT2D eigenvalue weighted by atomic mass is 10.1. The number of amides is 1. The van der Waals surface area contributed by atoms with Crippen LogP contribution in [0, 0.1) is 6.92 Å². The Morgan fingerprint density at radius 2 is 1.89 bits per heavy atom. The fraction of sp³-hybridized carbons (Fsp3) is 0.238. The highest BCUT2D eigenvalue weighted by atomic mass is 32.1. The molecule has 1 aromatic heterocycles. The van der Waals surface area contributed by atoms with Gasteiger partial charge >= 0.3 is 5.97 Å². The minimum Gasteiger partial charge on any atom is -0.497 e. The number of anilines is 1. The summed E-state index contributed by atoms with van der Waals surface area (Å²) in [6.07, 6.45) is 1.78. The number of allylic oxidation sites excluding steroid dienone is 1. The largest absolute Gasteiger partial charge is 0.497 e. The third-order valence-electron chi connectivity index (χ3n) is 4.39. The van der Waals surface area contributed by atoms with Gasteiger partial charge in [0.25, 0.3) is 5.91 Å². The lowest BCUT2D eigenvalue weighted by Crippen LogP contribution is -2.24. The summed E-state index contributed by atoms with van der Waals surface area (Å²) in [6, 6.07) is 9.14. The molecular weight excluding hydrogens is 362 g/mol. The topological polar surface area (TPSA) is 55.8 Å². The minimum absolute atomic E-state index is 0.242. The maximum absolute atomic E-state index is 13.2. The molecule has 0 spiro atoms. The Kier molecular flexibility index (Phi) is 5.46. The molecule has 2 aromatic rings. The van der Waals surface area contributed by atoms with Gasteiger partial charge in [0, 0.05) is 16.3 Å². The molecule has 0 aliphatic carbocycles. The van der Waals surface area contributed by atoms with E-state index in [1.165, 1.54) is 11.3 Å². The molecule has 0 saturated heterocycles. The molecule has 6 heteroatoms. The van der Waals surface area contributed by atoms with Crippen LogP contribution in [0.25, 0.3) is 6.08 Å². The van der Waals surface area contributed by atoms with Gasteiger partial charge in [-0.2, -0.15) is 0 Å². The Morgan fingerprint density at radius 3 is 2.44 bits per heavy atom. The highest BCUT2D eigenvalue weighted by Gasteiger charge is 2.38. The molecule has 5 nitrogen and oxygen atoms in total. The maximum Gasteiger partial charge on any atom is 0.340 e. The van der Waals surface area contributed by atoms with Crippen LogP contribution < -0.4 is 9.64 Å². The average molecular weight is 383 g/mol. The molecular formula is C21H21NO4S. The Hall–Kier alpha value is -2.86. The summed E-state index contributed by atoms with van der Waals surface area (Å²) >= 11 is 1.53. The lowest BCUT2D eigenvalue weighted by Gasteiger charge is -2.18. The molecule has 0 N–H and O–H groups in total. The number of methoxy groups -OCH3 is 1. The second kappa shape index (κ2) is 7.80. The predicted molar refractivity (Wildman–Crippen MR) is 107 cm³/mol. The molecule has 1 aliphatic heterocycles. The zero-order valence-corrected chi connectivity index (χ0v) is 16.6. The zero-order valence-electron chi connectivity index (χ0n) is 15.7. The fourth-order valence-electron chi connectivity index (χ4n) is 2.99. The van der Waals surface area contributed by atoms with Gasteiger partial charge in [-0.25, -0.2) is 4.79 Å². The van der Waals surface area contributed by atoms with E-state index in [9.17, 15) is 9.59 Å². The zero-order chi connectivity index (χ0) is 19.6. The number of thiophene rings is 1. The van der Waals surface area contributed by atoms with Crippen molar-refractivity contribution in [2.24, 2.45) is 0 Å². The number of hydrogen-bond donors (Lipinski definition) is 0. The summed E-state index contributed by atoms with van der Waals surface area (Å²) in [5.41, 5.74) is 2.96. The van der Waals surface area contributed by atoms with Crippen molar-refractivity contribution >= 4 is 35.0 Å². The molecule has 1 amide bonds. The summed E-state index contributed by atoms with van der Waals surface area (Å²) < 4.78 is 10.4. The Balaban J connectivity index is 2.10. The van der Waals surface area contributed by atoms with Crippen LogP contribution >= 0.6 is 11.3 Å². The van der Waals surface area contributed by atoms with E-state index in [1.807, 2.05) is 18.4 Å². The summed E-state index contributed by atoms with van der Waals surface area (Å²) in [7, 11) is 1.59. The Bertz CT molecular complexity index is 937. The molecule has 0 radical (unpaired) electrons. The van der Waals surface area contributed by atoms with E-state index in [1.54, 1.807) is 56.2 Å². The van der Waals surface area contributed by atoms with E-state index in [4.69, 9.17) is 9.47 Å². The first-order valence-electron chi connectivity index (χ1n) is 8.60. The van der Waals surface area contributed by atoms with Gasteiger partial charge in [-0.15, -0.1) is 11.3 Å². The first kappa shape index (κ1) is 18.9. The van der Waals surface area contributed by atoms with Gasteiger partial charge in [0.05, 0.1) is 24.9 Å². The molecule has 2 heterocycles. The summed E-state index contributed by atoms with van der Waals surface area (Å²) in [6.45, 7) is 5.73. The van der Waals surface area contributed by atoms with Crippen molar-refractivity contribution in [2.45, 2.75) is 20.8 Å². The van der Waals surface area contributed by atoms with Gasteiger partial charge < -0.3 is 9.47 Å². The number of ether oxygens (including phenoxy) is 2. The minimum atomic E-state index is -0.486. The monoisotopic (exact) mass is 383 g/mol. The highest BCUT2D eigenvalue weighted by molar-refractivity contribution is 7.11. The third-order valence-corrected chi connectivity index (χ3v) is 5.35. The van der Waals surface area contributed by atoms with Crippen LogP contribution in [0.5, 0.6) is 5.75 Å². The van der Waals surface area contributed by atoms with Gasteiger partial charge in [0.2, 0.25) is 0 Å². The second-order valence-electron chi connectivity index (χ2n) is 6.05. The van der Waals surface area contributed by atoms with Crippen LogP contribution in [0.2, 0.25) is 0 Å². The molecule has 1 aromatic carbocycles. The van der Waals surface area contributed by atoms with E-state index < -0.39 is 5.97 Å². The van der Waals surface area contributed by atoms with E-state index in [2.05, 4.69) is 0 Å². The molecule has 140 valence electrons. The van der Waals surface area contributed by atoms with Crippen molar-refractivity contribution < 1.29 is 19.1 Å². The van der Waals surface area contributed by atoms with Crippen LogP contribution in [-0.2, 0) is 14.3 Å². The summed E-state index contributed by atoms with van der Waals surface area (Å²) in [5.74, 6) is -0.0315. The van der Waals surface area contributed by atoms with E-state index in [-0.39, 0.29) is 12.5 Å². The van der Waals surface area contributed by atoms with Gasteiger partial charge in [0.1, 0.15) is 5.75 Å². The number of benzene rings is 1. The number of hydrogen-bond acceptors (Lipinski definition) is 5. The summed E-state index contributed by atoms with van der Waals surface area (Å²) in [5, 5.41) is 1.96. The number of rotatable bonds is 5. The predicted octanol–water partition coefficient (Wildman–Crippen LogP) is 4.33. The molecule has 27 heavy (non-hydrogen) atoms. The smallest absolute Gasteiger partial charge is 0.340 e. The van der Waals surface area contributed by atoms with Crippen molar-refractivity contribution in [2.75, 3.05) is 18.6 Å². The van der Waals surface area contributed by atoms with E-state index in [0.717, 1.165) is 10.4 Å². The van der Waals surface area contributed by atoms with Crippen LogP contribution in [0.15, 0.2) is 52.6 Å². The van der Waals surface area contributed by atoms with Crippen molar-refractivity contribution in [3.8, 4) is 5.75 Å². The van der Waals surface area contributed by atoms with E-state index in [0.29, 0.717) is 28.3 Å². The lowest BCUT2D eigenvalue weighted by molar-refractivity contribution is -0.138. The first-order chi connectivity index (χ1) is 13.0. The molecule has 0 saturated carbocycles. The maximum atomic E-state index is 13.2. The highest BCUT2D eigenvalue weighted by Crippen LogP contribution is 2.36. The number of carbonyl (C=O) groups is 2. The van der Waals surface area contributed by atoms with Gasteiger partial charge in [-0.05, 0) is 68.1 Å². The quantitative estimate of drug-likeness (QED) is 0.570. The second-order valence-corrected chi connectivity index (χ2v) is 6.99. The van der Waals surface area contributed by atoms with Crippen molar-refractivity contribution in [3.63, 3.8) is 0 Å². The van der Waals surface area contributed by atoms with Gasteiger partial charge in [0.15, 0.2) is 0 Å².